The van der Waals surface area contributed by atoms with Crippen molar-refractivity contribution in [2.45, 2.75) is 12.5 Å². The summed E-state index contributed by atoms with van der Waals surface area (Å²) in [6.07, 6.45) is 3.55. The van der Waals surface area contributed by atoms with Crippen LogP contribution in [0.1, 0.15) is 15.9 Å². The molecule has 0 aliphatic heterocycles. The smallest absolute Gasteiger partial charge is 0.251 e. The third-order valence-corrected chi connectivity index (χ3v) is 5.04. The summed E-state index contributed by atoms with van der Waals surface area (Å²) in [7, 11) is 1.50. The Bertz CT molecular complexity index is 1240. The molecule has 0 saturated carbocycles. The number of pyridine rings is 1. The first-order chi connectivity index (χ1) is 15.5. The van der Waals surface area contributed by atoms with Gasteiger partial charge in [0.15, 0.2) is 0 Å². The van der Waals surface area contributed by atoms with Crippen LogP contribution in [0.25, 0.3) is 10.9 Å². The van der Waals surface area contributed by atoms with Gasteiger partial charge in [0.2, 0.25) is 11.8 Å². The van der Waals surface area contributed by atoms with Crippen molar-refractivity contribution in [3.8, 4) is 5.88 Å². The Morgan fingerprint density at radius 2 is 1.88 bits per heavy atom. The molecule has 2 aromatic heterocycles. The van der Waals surface area contributed by atoms with Gasteiger partial charge in [0.1, 0.15) is 11.9 Å². The van der Waals surface area contributed by atoms with Gasteiger partial charge in [-0.15, -0.1) is 0 Å². The van der Waals surface area contributed by atoms with Crippen molar-refractivity contribution in [3.05, 3.63) is 90.0 Å². The Hall–Kier alpha value is -4.20. The van der Waals surface area contributed by atoms with Crippen molar-refractivity contribution in [3.63, 3.8) is 0 Å². The molecule has 7 nitrogen and oxygen atoms in total. The Kier molecular flexibility index (Phi) is 6.12. The molecule has 162 valence electrons. The molecule has 32 heavy (non-hydrogen) atoms. The van der Waals surface area contributed by atoms with Gasteiger partial charge in [-0.05, 0) is 42.0 Å². The van der Waals surface area contributed by atoms with Gasteiger partial charge < -0.3 is 20.4 Å². The third kappa shape index (κ3) is 4.75. The lowest BCUT2D eigenvalue weighted by atomic mass is 10.0. The first-order valence-electron chi connectivity index (χ1n) is 9.96. The van der Waals surface area contributed by atoms with Crippen LogP contribution in [0.3, 0.4) is 0 Å². The van der Waals surface area contributed by atoms with E-state index in [4.69, 9.17) is 4.74 Å². The molecular weight excluding hydrogens is 411 g/mol. The monoisotopic (exact) mass is 432 g/mol. The number of benzene rings is 2. The van der Waals surface area contributed by atoms with Crippen LogP contribution in [0.15, 0.2) is 73.1 Å². The highest BCUT2D eigenvalue weighted by Gasteiger charge is 2.23. The first-order valence-corrected chi connectivity index (χ1v) is 9.96. The molecule has 0 unspecified atom stereocenters. The van der Waals surface area contributed by atoms with Crippen LogP contribution in [0.2, 0.25) is 0 Å². The second-order valence-corrected chi connectivity index (χ2v) is 7.18. The molecular formula is C24H21FN4O3. The lowest BCUT2D eigenvalue weighted by molar-refractivity contribution is -0.118. The molecule has 2 heterocycles. The average molecular weight is 432 g/mol. The number of aromatic amines is 1. The minimum atomic E-state index is -0.881. The largest absolute Gasteiger partial charge is 0.481 e. The zero-order valence-electron chi connectivity index (χ0n) is 17.3. The van der Waals surface area contributed by atoms with Gasteiger partial charge in [0.25, 0.3) is 5.91 Å². The zero-order valence-corrected chi connectivity index (χ0v) is 17.3. The number of carbonyl (C=O) groups is 2. The number of methoxy groups -OCH3 is 1. The summed E-state index contributed by atoms with van der Waals surface area (Å²) in [5, 5.41) is 6.51. The van der Waals surface area contributed by atoms with Crippen LogP contribution in [0.5, 0.6) is 5.88 Å². The van der Waals surface area contributed by atoms with Crippen molar-refractivity contribution in [1.82, 2.24) is 15.3 Å². The summed E-state index contributed by atoms with van der Waals surface area (Å²) in [6.45, 7) is 0. The van der Waals surface area contributed by atoms with E-state index in [1.807, 2.05) is 30.5 Å². The predicted molar refractivity (Wildman–Crippen MR) is 119 cm³/mol. The lowest BCUT2D eigenvalue weighted by Crippen LogP contribution is -2.45. The van der Waals surface area contributed by atoms with E-state index < -0.39 is 23.7 Å². The van der Waals surface area contributed by atoms with Crippen molar-refractivity contribution in [1.29, 1.82) is 0 Å². The maximum Gasteiger partial charge on any atom is 0.251 e. The quantitative estimate of drug-likeness (QED) is 0.415. The molecule has 0 aliphatic carbocycles. The van der Waals surface area contributed by atoms with Gasteiger partial charge in [0.05, 0.1) is 19.0 Å². The number of amides is 2. The number of hydrogen-bond acceptors (Lipinski definition) is 4. The highest BCUT2D eigenvalue weighted by Crippen LogP contribution is 2.20. The highest BCUT2D eigenvalue weighted by atomic mass is 19.1. The van der Waals surface area contributed by atoms with Crippen molar-refractivity contribution in [2.24, 2.45) is 0 Å². The number of fused-ring (bicyclic) bond motifs is 1. The number of nitrogens with zero attached hydrogens (tertiary/aromatic N) is 1. The number of anilines is 1. The summed E-state index contributed by atoms with van der Waals surface area (Å²) >= 11 is 0. The highest BCUT2D eigenvalue weighted by molar-refractivity contribution is 6.01. The Morgan fingerprint density at radius 3 is 2.59 bits per heavy atom. The van der Waals surface area contributed by atoms with Gasteiger partial charge >= 0.3 is 0 Å². The van der Waals surface area contributed by atoms with E-state index in [0.29, 0.717) is 11.6 Å². The molecule has 4 aromatic rings. The van der Waals surface area contributed by atoms with Gasteiger partial charge in [0, 0.05) is 35.2 Å². The van der Waals surface area contributed by atoms with Crippen LogP contribution >= 0.6 is 0 Å². The Balaban J connectivity index is 1.57. The number of nitrogens with one attached hydrogen (secondary N) is 3. The molecule has 2 aromatic carbocycles. The molecule has 1 atom stereocenters. The maximum absolute atomic E-state index is 13.2. The first kappa shape index (κ1) is 21.0. The zero-order chi connectivity index (χ0) is 22.5. The average Bonchev–Trinajstić information content (AvgIpc) is 3.22. The van der Waals surface area contributed by atoms with Gasteiger partial charge in [-0.3, -0.25) is 9.59 Å². The van der Waals surface area contributed by atoms with Crippen molar-refractivity contribution < 1.29 is 18.7 Å². The normalized spacial score (nSPS) is 11.7. The third-order valence-electron chi connectivity index (χ3n) is 5.04. The second kappa shape index (κ2) is 9.30. The molecule has 0 radical (unpaired) electrons. The van der Waals surface area contributed by atoms with Crippen molar-refractivity contribution in [2.75, 3.05) is 12.4 Å². The van der Waals surface area contributed by atoms with E-state index in [0.717, 1.165) is 16.5 Å². The minimum absolute atomic E-state index is 0.256. The topological polar surface area (TPSA) is 96.1 Å². The summed E-state index contributed by atoms with van der Waals surface area (Å²) in [6, 6.07) is 15.3. The number of hydrogen-bond donors (Lipinski definition) is 3. The molecule has 0 spiro atoms. The van der Waals surface area contributed by atoms with Crippen LogP contribution < -0.4 is 15.4 Å². The predicted octanol–water partition coefficient (Wildman–Crippen LogP) is 3.69. The second-order valence-electron chi connectivity index (χ2n) is 7.18. The van der Waals surface area contributed by atoms with Crippen molar-refractivity contribution >= 4 is 28.4 Å². The van der Waals surface area contributed by atoms with Gasteiger partial charge in [-0.25, -0.2) is 9.37 Å². The van der Waals surface area contributed by atoms with Gasteiger partial charge in [-0.1, -0.05) is 18.2 Å². The maximum atomic E-state index is 13.2. The summed E-state index contributed by atoms with van der Waals surface area (Å²) in [5.41, 5.74) is 2.55. The Morgan fingerprint density at radius 1 is 1.09 bits per heavy atom. The number of rotatable bonds is 7. The molecule has 0 aliphatic rings. The fraction of sp³-hybridized carbons (Fsp3) is 0.125. The van der Waals surface area contributed by atoms with Crippen LogP contribution in [-0.2, 0) is 11.2 Å². The summed E-state index contributed by atoms with van der Waals surface area (Å²) < 4.78 is 18.3. The fourth-order valence-electron chi connectivity index (χ4n) is 3.38. The van der Waals surface area contributed by atoms with Crippen LogP contribution in [-0.4, -0.2) is 34.9 Å². The molecule has 2 amide bonds. The number of ether oxygens (including phenoxy) is 1. The van der Waals surface area contributed by atoms with Gasteiger partial charge in [-0.2, -0.15) is 0 Å². The fourth-order valence-corrected chi connectivity index (χ4v) is 3.38. The molecule has 0 bridgehead atoms. The van der Waals surface area contributed by atoms with Crippen LogP contribution in [0.4, 0.5) is 10.1 Å². The number of H-pyrrole nitrogens is 1. The minimum Gasteiger partial charge on any atom is -0.481 e. The number of halogens is 1. The van der Waals surface area contributed by atoms with E-state index in [9.17, 15) is 14.0 Å². The van der Waals surface area contributed by atoms with E-state index in [-0.39, 0.29) is 12.0 Å². The number of para-hydroxylation sites is 1. The lowest BCUT2D eigenvalue weighted by Gasteiger charge is -2.18. The van der Waals surface area contributed by atoms with E-state index in [1.165, 1.54) is 37.6 Å². The standard InChI is InChI=1S/C24H21FN4O3/c1-32-22-11-10-18(14-27-22)28-24(31)21(29-23(30)15-6-8-17(25)9-7-15)12-16-13-26-20-5-3-2-4-19(16)20/h2-11,13-14,21,26H,12H2,1H3,(H,28,31)(H,29,30)/t21-/m1/s1. The van der Waals surface area contributed by atoms with E-state index in [2.05, 4.69) is 20.6 Å². The Labute approximate surface area is 183 Å². The molecule has 4 rings (SSSR count). The summed E-state index contributed by atoms with van der Waals surface area (Å²) in [5.74, 6) is -0.903. The van der Waals surface area contributed by atoms with E-state index >= 15 is 0 Å². The van der Waals surface area contributed by atoms with E-state index in [1.54, 1.807) is 12.1 Å². The molecule has 3 N–H and O–H groups in total. The summed E-state index contributed by atoms with van der Waals surface area (Å²) in [4.78, 5) is 33.1. The number of carbonyl (C=O) groups excluding carboxylic acids is 2. The SMILES string of the molecule is COc1ccc(NC(=O)[C@@H](Cc2c[nH]c3ccccc23)NC(=O)c2ccc(F)cc2)cn1. The molecule has 8 heteroatoms. The molecule has 0 saturated heterocycles. The number of aromatic nitrogens is 2. The molecule has 0 fully saturated rings. The van der Waals surface area contributed by atoms with Crippen LogP contribution in [0, 0.1) is 5.82 Å².